The Morgan fingerprint density at radius 3 is 2.67 bits per heavy atom. The Kier molecular flexibility index (Phi) is 3.71. The van der Waals surface area contributed by atoms with E-state index in [1.54, 1.807) is 6.07 Å². The van der Waals surface area contributed by atoms with E-state index in [2.05, 4.69) is 24.0 Å². The van der Waals surface area contributed by atoms with Gasteiger partial charge in [0.25, 0.3) is 0 Å². The highest BCUT2D eigenvalue weighted by atomic mass is 16.6. The van der Waals surface area contributed by atoms with Crippen LogP contribution in [0, 0.1) is 6.57 Å². The molecule has 1 N–H and O–H groups in total. The van der Waals surface area contributed by atoms with E-state index in [1.807, 2.05) is 32.9 Å². The Hall–Kier alpha value is -2.02. The summed E-state index contributed by atoms with van der Waals surface area (Å²) in [4.78, 5) is 15.5. The lowest BCUT2D eigenvalue weighted by Gasteiger charge is -2.23. The van der Waals surface area contributed by atoms with Crippen molar-refractivity contribution < 1.29 is 9.53 Å². The molecule has 0 radical (unpaired) electrons. The molecular weight excluding hydrogens is 264 g/mol. The van der Waals surface area contributed by atoms with E-state index in [0.29, 0.717) is 5.69 Å². The molecule has 1 aliphatic carbocycles. The number of hydrogen-bond acceptors (Lipinski definition) is 2. The number of nitrogens with zero attached hydrogens (tertiary/aromatic N) is 1. The molecule has 1 aromatic rings. The number of benzene rings is 1. The zero-order chi connectivity index (χ0) is 15.8. The van der Waals surface area contributed by atoms with Crippen LogP contribution in [-0.4, -0.2) is 11.7 Å². The van der Waals surface area contributed by atoms with Gasteiger partial charge in [-0.1, -0.05) is 32.0 Å². The third-order valence-corrected chi connectivity index (χ3v) is 3.68. The van der Waals surface area contributed by atoms with E-state index in [1.165, 1.54) is 0 Å². The highest BCUT2D eigenvalue weighted by Gasteiger charge is 2.38. The van der Waals surface area contributed by atoms with Gasteiger partial charge in [0.2, 0.25) is 0 Å². The molecule has 0 fully saturated rings. The number of alkyl carbamates (subject to hydrolysis) is 1. The number of carbonyl (C=O) groups excluding carboxylic acids is 1. The molecule has 4 heteroatoms. The molecule has 1 atom stereocenters. The minimum absolute atomic E-state index is 0.0598. The number of fused-ring (bicyclic) bond motifs is 1. The zero-order valence-electron chi connectivity index (χ0n) is 13.3. The van der Waals surface area contributed by atoms with Crippen molar-refractivity contribution in [3.63, 3.8) is 0 Å². The van der Waals surface area contributed by atoms with E-state index in [-0.39, 0.29) is 11.5 Å². The summed E-state index contributed by atoms with van der Waals surface area (Å²) in [5.74, 6) is 0. The fraction of sp³-hybridized carbons (Fsp3) is 0.529. The topological polar surface area (TPSA) is 42.7 Å². The fourth-order valence-electron chi connectivity index (χ4n) is 2.81. The van der Waals surface area contributed by atoms with Gasteiger partial charge in [0.15, 0.2) is 5.69 Å². The predicted molar refractivity (Wildman–Crippen MR) is 82.5 cm³/mol. The first-order valence-electron chi connectivity index (χ1n) is 7.14. The van der Waals surface area contributed by atoms with Gasteiger partial charge in [-0.2, -0.15) is 0 Å². The third kappa shape index (κ3) is 3.36. The van der Waals surface area contributed by atoms with Gasteiger partial charge in [-0.05, 0) is 43.7 Å². The Morgan fingerprint density at radius 2 is 2.10 bits per heavy atom. The molecule has 0 aromatic heterocycles. The zero-order valence-corrected chi connectivity index (χ0v) is 13.3. The smallest absolute Gasteiger partial charge is 0.408 e. The molecule has 0 saturated carbocycles. The quantitative estimate of drug-likeness (QED) is 0.773. The van der Waals surface area contributed by atoms with E-state index >= 15 is 0 Å². The molecule has 21 heavy (non-hydrogen) atoms. The average Bonchev–Trinajstić information content (AvgIpc) is 2.58. The maximum Gasteiger partial charge on any atom is 0.408 e. The molecule has 0 saturated heterocycles. The largest absolute Gasteiger partial charge is 0.444 e. The molecular formula is C17H22N2O2. The first kappa shape index (κ1) is 15.4. The van der Waals surface area contributed by atoms with Gasteiger partial charge in [0.1, 0.15) is 5.60 Å². The Morgan fingerprint density at radius 1 is 1.43 bits per heavy atom. The summed E-state index contributed by atoms with van der Waals surface area (Å²) in [6.07, 6.45) is 0.411. The Labute approximate surface area is 126 Å². The summed E-state index contributed by atoms with van der Waals surface area (Å²) in [6, 6.07) is 5.61. The van der Waals surface area contributed by atoms with E-state index in [9.17, 15) is 4.79 Å². The number of carbonyl (C=O) groups is 1. The maximum absolute atomic E-state index is 12.0. The summed E-state index contributed by atoms with van der Waals surface area (Å²) in [5.41, 5.74) is 2.29. The lowest BCUT2D eigenvalue weighted by atomic mass is 9.86. The van der Waals surface area contributed by atoms with E-state index in [0.717, 1.165) is 17.5 Å². The van der Waals surface area contributed by atoms with Crippen LogP contribution in [0.4, 0.5) is 10.5 Å². The molecule has 2 rings (SSSR count). The van der Waals surface area contributed by atoms with Crippen LogP contribution in [0.2, 0.25) is 0 Å². The van der Waals surface area contributed by atoms with Gasteiger partial charge in [0, 0.05) is 0 Å². The standard InChI is InChI=1S/C17H22N2O2/c1-16(2,3)21-15(20)19-14-10-17(4,5)13-9-11(18-6)7-8-12(13)14/h7-9,14H,10H2,1-5H3,(H,19,20). The summed E-state index contributed by atoms with van der Waals surface area (Å²) in [5, 5.41) is 2.95. The van der Waals surface area contributed by atoms with Gasteiger partial charge in [-0.3, -0.25) is 0 Å². The van der Waals surface area contributed by atoms with E-state index in [4.69, 9.17) is 11.3 Å². The molecule has 1 unspecified atom stereocenters. The van der Waals surface area contributed by atoms with Crippen molar-refractivity contribution in [1.82, 2.24) is 5.32 Å². The maximum atomic E-state index is 12.0. The second-order valence-electron chi connectivity index (χ2n) is 7.17. The molecule has 0 aliphatic heterocycles. The van der Waals surface area contributed by atoms with Gasteiger partial charge in [-0.25, -0.2) is 9.64 Å². The molecule has 0 spiro atoms. The second kappa shape index (κ2) is 5.07. The van der Waals surface area contributed by atoms with Crippen molar-refractivity contribution in [2.75, 3.05) is 0 Å². The Balaban J connectivity index is 2.23. The summed E-state index contributed by atoms with van der Waals surface area (Å²) >= 11 is 0. The van der Waals surface area contributed by atoms with Crippen LogP contribution < -0.4 is 5.32 Å². The fourth-order valence-corrected chi connectivity index (χ4v) is 2.81. The van der Waals surface area contributed by atoms with Crippen molar-refractivity contribution in [3.8, 4) is 0 Å². The number of amides is 1. The summed E-state index contributed by atoms with van der Waals surface area (Å²) in [7, 11) is 0. The molecule has 4 nitrogen and oxygen atoms in total. The van der Waals surface area contributed by atoms with Crippen LogP contribution in [0.15, 0.2) is 18.2 Å². The average molecular weight is 286 g/mol. The van der Waals surface area contributed by atoms with Gasteiger partial charge in [-0.15, -0.1) is 0 Å². The van der Waals surface area contributed by atoms with Gasteiger partial charge >= 0.3 is 6.09 Å². The minimum atomic E-state index is -0.505. The number of nitrogens with one attached hydrogen (secondary N) is 1. The molecule has 1 aromatic carbocycles. The van der Waals surface area contributed by atoms with Crippen molar-refractivity contribution in [2.45, 2.75) is 58.1 Å². The van der Waals surface area contributed by atoms with Crippen LogP contribution in [0.1, 0.15) is 58.2 Å². The lowest BCUT2D eigenvalue weighted by Crippen LogP contribution is -2.34. The van der Waals surface area contributed by atoms with Crippen molar-refractivity contribution >= 4 is 11.8 Å². The van der Waals surface area contributed by atoms with Crippen LogP contribution >= 0.6 is 0 Å². The van der Waals surface area contributed by atoms with Crippen molar-refractivity contribution in [3.05, 3.63) is 40.7 Å². The first-order chi connectivity index (χ1) is 9.62. The van der Waals surface area contributed by atoms with Gasteiger partial charge < -0.3 is 10.1 Å². The number of rotatable bonds is 1. The number of ether oxygens (including phenoxy) is 1. The van der Waals surface area contributed by atoms with Crippen LogP contribution in [0.5, 0.6) is 0 Å². The van der Waals surface area contributed by atoms with E-state index < -0.39 is 11.7 Å². The predicted octanol–water partition coefficient (Wildman–Crippen LogP) is 4.48. The molecule has 1 aliphatic rings. The molecule has 0 bridgehead atoms. The molecule has 0 heterocycles. The Bertz CT molecular complexity index is 606. The monoisotopic (exact) mass is 286 g/mol. The summed E-state index contributed by atoms with van der Waals surface area (Å²) < 4.78 is 5.33. The molecule has 1 amide bonds. The minimum Gasteiger partial charge on any atom is -0.444 e. The second-order valence-corrected chi connectivity index (χ2v) is 7.17. The highest BCUT2D eigenvalue weighted by Crippen LogP contribution is 2.45. The van der Waals surface area contributed by atoms with Crippen LogP contribution in [0.3, 0.4) is 0 Å². The SMILES string of the molecule is [C-]#[N+]c1ccc2c(c1)C(C)(C)CC2NC(=O)OC(C)(C)C. The highest BCUT2D eigenvalue weighted by molar-refractivity contribution is 5.69. The first-order valence-corrected chi connectivity index (χ1v) is 7.14. The van der Waals surface area contributed by atoms with Crippen molar-refractivity contribution in [1.29, 1.82) is 0 Å². The van der Waals surface area contributed by atoms with Crippen LogP contribution in [0.25, 0.3) is 4.85 Å². The van der Waals surface area contributed by atoms with Crippen molar-refractivity contribution in [2.24, 2.45) is 0 Å². The van der Waals surface area contributed by atoms with Gasteiger partial charge in [0.05, 0.1) is 12.6 Å². The molecule has 112 valence electrons. The van der Waals surface area contributed by atoms with Crippen LogP contribution in [-0.2, 0) is 10.2 Å². The normalized spacial score (nSPS) is 19.5. The number of hydrogen-bond donors (Lipinski definition) is 1. The third-order valence-electron chi connectivity index (χ3n) is 3.68. The lowest BCUT2D eigenvalue weighted by molar-refractivity contribution is 0.0501. The summed E-state index contributed by atoms with van der Waals surface area (Å²) in [6.45, 7) is 16.9.